The lowest BCUT2D eigenvalue weighted by atomic mass is 10.1. The fraction of sp³-hybridized carbons (Fsp3) is 0.345. The van der Waals surface area contributed by atoms with Crippen molar-refractivity contribution in [2.75, 3.05) is 66.4 Å². The average molecular weight is 628 g/mol. The number of aromatic nitrogens is 2. The first-order chi connectivity index (χ1) is 20.7. The van der Waals surface area contributed by atoms with Crippen LogP contribution in [0.1, 0.15) is 18.4 Å². The van der Waals surface area contributed by atoms with E-state index in [9.17, 15) is 13.2 Å². The summed E-state index contributed by atoms with van der Waals surface area (Å²) in [5, 5.41) is 9.33. The number of para-hydroxylation sites is 1. The Kier molecular flexibility index (Phi) is 9.23. The summed E-state index contributed by atoms with van der Waals surface area (Å²) in [5.74, 6) is 0.943. The highest BCUT2D eigenvalue weighted by Crippen LogP contribution is 2.40. The molecule has 0 unspecified atom stereocenters. The van der Waals surface area contributed by atoms with Gasteiger partial charge in [0, 0.05) is 19.2 Å². The van der Waals surface area contributed by atoms with Crippen LogP contribution >= 0.6 is 11.6 Å². The monoisotopic (exact) mass is 627 g/mol. The van der Waals surface area contributed by atoms with Gasteiger partial charge < -0.3 is 25.4 Å². The highest BCUT2D eigenvalue weighted by atomic mass is 35.5. The number of ether oxygens (including phenoxy) is 2. The molecule has 2 aromatic carbocycles. The maximum Gasteiger partial charge on any atom is 0.247 e. The van der Waals surface area contributed by atoms with Gasteiger partial charge in [-0.3, -0.25) is 14.0 Å². The highest BCUT2D eigenvalue weighted by molar-refractivity contribution is 7.92. The van der Waals surface area contributed by atoms with Crippen molar-refractivity contribution >= 4 is 62.0 Å². The molecular formula is C29H34ClN7O5S. The maximum absolute atomic E-state index is 12.4. The number of halogens is 1. The molecule has 43 heavy (non-hydrogen) atoms. The molecule has 1 fully saturated rings. The van der Waals surface area contributed by atoms with Crippen molar-refractivity contribution in [1.82, 2.24) is 14.9 Å². The van der Waals surface area contributed by atoms with Gasteiger partial charge in [-0.1, -0.05) is 30.3 Å². The summed E-state index contributed by atoms with van der Waals surface area (Å²) in [5.41, 5.74) is 2.90. The fourth-order valence-corrected chi connectivity index (χ4v) is 6.24. The summed E-state index contributed by atoms with van der Waals surface area (Å²) < 4.78 is 37.9. The van der Waals surface area contributed by atoms with Gasteiger partial charge >= 0.3 is 0 Å². The van der Waals surface area contributed by atoms with Crippen molar-refractivity contribution in [1.29, 1.82) is 0 Å². The zero-order chi connectivity index (χ0) is 30.6. The SMILES string of the molecule is C=CC(=O)Nc1cc(Nc2ncc(Cl)c(Nc3cccc4c3N(S(C)(=O)=O)CC4)n2)c(OC)cc1OCCN1CCCC1. The summed E-state index contributed by atoms with van der Waals surface area (Å²) in [6, 6.07) is 8.88. The Bertz CT molecular complexity index is 1630. The second-order valence-electron chi connectivity index (χ2n) is 10.2. The molecule has 0 spiro atoms. The predicted octanol–water partition coefficient (Wildman–Crippen LogP) is 4.55. The van der Waals surface area contributed by atoms with Gasteiger partial charge in [-0.15, -0.1) is 0 Å². The zero-order valence-corrected chi connectivity index (χ0v) is 25.6. The van der Waals surface area contributed by atoms with E-state index >= 15 is 0 Å². The number of likely N-dealkylation sites (tertiary alicyclic amines) is 1. The van der Waals surface area contributed by atoms with Crippen molar-refractivity contribution < 1.29 is 22.7 Å². The van der Waals surface area contributed by atoms with E-state index in [0.29, 0.717) is 53.8 Å². The van der Waals surface area contributed by atoms with Gasteiger partial charge in [-0.05, 0) is 56.1 Å². The Morgan fingerprint density at radius 1 is 1.12 bits per heavy atom. The Morgan fingerprint density at radius 3 is 2.63 bits per heavy atom. The van der Waals surface area contributed by atoms with E-state index in [1.165, 1.54) is 42.8 Å². The van der Waals surface area contributed by atoms with Gasteiger partial charge in [-0.2, -0.15) is 4.98 Å². The summed E-state index contributed by atoms with van der Waals surface area (Å²) in [6.45, 7) is 7.23. The average Bonchev–Trinajstić information content (AvgIpc) is 3.66. The number of nitrogens with zero attached hydrogens (tertiary/aromatic N) is 4. The lowest BCUT2D eigenvalue weighted by Gasteiger charge is -2.21. The number of methoxy groups -OCH3 is 1. The Labute approximate surface area is 256 Å². The third kappa shape index (κ3) is 7.12. The van der Waals surface area contributed by atoms with Crippen LogP contribution in [0.15, 0.2) is 49.2 Å². The summed E-state index contributed by atoms with van der Waals surface area (Å²) in [4.78, 5) is 23.4. The second-order valence-corrected chi connectivity index (χ2v) is 12.5. The summed E-state index contributed by atoms with van der Waals surface area (Å²) >= 11 is 6.45. The molecule has 228 valence electrons. The van der Waals surface area contributed by atoms with Gasteiger partial charge in [0.15, 0.2) is 5.82 Å². The van der Waals surface area contributed by atoms with E-state index in [4.69, 9.17) is 21.1 Å². The number of carbonyl (C=O) groups excluding carboxylic acids is 1. The molecule has 3 heterocycles. The molecule has 14 heteroatoms. The standard InChI is InChI=1S/C29H34ClN7O5S/c1-4-26(38)32-23-16-22(24(41-2)17-25(23)42-15-14-36-11-5-6-12-36)34-29-31-18-20(30)28(35-29)33-21-9-7-8-19-10-13-37(27(19)21)43(3,39)40/h4,7-9,16-18H,1,5-6,10-15H2,2-3H3,(H,32,38)(H2,31,33,34,35). The number of rotatable bonds is 12. The van der Waals surface area contributed by atoms with Crippen LogP contribution in [0.5, 0.6) is 11.5 Å². The normalized spacial score (nSPS) is 14.7. The molecule has 0 saturated carbocycles. The second kappa shape index (κ2) is 13.1. The van der Waals surface area contributed by atoms with E-state index < -0.39 is 15.9 Å². The van der Waals surface area contributed by atoms with E-state index in [1.54, 1.807) is 18.2 Å². The third-order valence-electron chi connectivity index (χ3n) is 7.21. The number of benzene rings is 2. The summed E-state index contributed by atoms with van der Waals surface area (Å²) in [7, 11) is -1.95. The molecular weight excluding hydrogens is 594 g/mol. The molecule has 2 aliphatic heterocycles. The number of nitrogens with one attached hydrogen (secondary N) is 3. The Balaban J connectivity index is 1.41. The molecule has 1 saturated heterocycles. The molecule has 3 aromatic rings. The van der Waals surface area contributed by atoms with Crippen LogP contribution in [0.25, 0.3) is 0 Å². The Morgan fingerprint density at radius 2 is 1.91 bits per heavy atom. The third-order valence-corrected chi connectivity index (χ3v) is 8.65. The van der Waals surface area contributed by atoms with Crippen molar-refractivity contribution in [3.05, 3.63) is 59.8 Å². The molecule has 0 bridgehead atoms. The first kappa shape index (κ1) is 30.4. The fourth-order valence-electron chi connectivity index (χ4n) is 5.14. The predicted molar refractivity (Wildman–Crippen MR) is 169 cm³/mol. The van der Waals surface area contributed by atoms with Crippen molar-refractivity contribution in [2.24, 2.45) is 0 Å². The summed E-state index contributed by atoms with van der Waals surface area (Å²) in [6.07, 6.45) is 6.76. The molecule has 1 amide bonds. The first-order valence-electron chi connectivity index (χ1n) is 13.8. The lowest BCUT2D eigenvalue weighted by Crippen LogP contribution is -2.28. The number of anilines is 6. The molecule has 1 aromatic heterocycles. The minimum Gasteiger partial charge on any atom is -0.494 e. The van der Waals surface area contributed by atoms with Gasteiger partial charge in [-0.25, -0.2) is 13.4 Å². The molecule has 12 nitrogen and oxygen atoms in total. The largest absolute Gasteiger partial charge is 0.494 e. The van der Waals surface area contributed by atoms with Crippen LogP contribution in [0.2, 0.25) is 5.02 Å². The quantitative estimate of drug-likeness (QED) is 0.245. The number of sulfonamides is 1. The molecule has 3 N–H and O–H groups in total. The Hall–Kier alpha value is -4.07. The number of carbonyl (C=O) groups is 1. The van der Waals surface area contributed by atoms with Gasteiger partial charge in [0.1, 0.15) is 23.1 Å². The van der Waals surface area contributed by atoms with Gasteiger partial charge in [0.05, 0.1) is 42.3 Å². The van der Waals surface area contributed by atoms with Crippen molar-refractivity contribution in [3.63, 3.8) is 0 Å². The molecule has 0 aliphatic carbocycles. The van der Waals surface area contributed by atoms with Crippen LogP contribution in [0.3, 0.4) is 0 Å². The minimum atomic E-state index is -3.47. The van der Waals surface area contributed by atoms with Crippen molar-refractivity contribution in [2.45, 2.75) is 19.3 Å². The number of hydrogen-bond donors (Lipinski definition) is 3. The van der Waals surface area contributed by atoms with E-state index in [0.717, 1.165) is 25.2 Å². The zero-order valence-electron chi connectivity index (χ0n) is 24.0. The number of amides is 1. The van der Waals surface area contributed by atoms with E-state index in [-0.39, 0.29) is 16.8 Å². The topological polar surface area (TPSA) is 138 Å². The van der Waals surface area contributed by atoms with Crippen LogP contribution in [-0.2, 0) is 21.2 Å². The first-order valence-corrected chi connectivity index (χ1v) is 16.1. The van der Waals surface area contributed by atoms with E-state index in [1.807, 2.05) is 12.1 Å². The minimum absolute atomic E-state index is 0.182. The lowest BCUT2D eigenvalue weighted by molar-refractivity contribution is -0.111. The number of fused-ring (bicyclic) bond motifs is 1. The number of hydrogen-bond acceptors (Lipinski definition) is 10. The molecule has 5 rings (SSSR count). The molecule has 2 aliphatic rings. The van der Waals surface area contributed by atoms with Crippen LogP contribution < -0.4 is 29.7 Å². The highest BCUT2D eigenvalue weighted by Gasteiger charge is 2.29. The smallest absolute Gasteiger partial charge is 0.247 e. The van der Waals surface area contributed by atoms with Gasteiger partial charge in [0.25, 0.3) is 0 Å². The molecule has 0 atom stereocenters. The van der Waals surface area contributed by atoms with Crippen molar-refractivity contribution in [3.8, 4) is 11.5 Å². The van der Waals surface area contributed by atoms with Gasteiger partial charge in [0.2, 0.25) is 21.9 Å². The van der Waals surface area contributed by atoms with Crippen LogP contribution in [0.4, 0.5) is 34.5 Å². The van der Waals surface area contributed by atoms with Crippen LogP contribution in [0, 0.1) is 0 Å². The maximum atomic E-state index is 12.4. The van der Waals surface area contributed by atoms with Crippen LogP contribution in [-0.4, -0.2) is 75.3 Å². The molecule has 0 radical (unpaired) electrons. The van der Waals surface area contributed by atoms with E-state index in [2.05, 4.69) is 37.4 Å².